The predicted molar refractivity (Wildman–Crippen MR) is 52.9 cm³/mol. The van der Waals surface area contributed by atoms with Gasteiger partial charge in [-0.05, 0) is 31.0 Å². The molecule has 0 aliphatic rings. The molecular formula is C11H16O2. The molecule has 0 aromatic heterocycles. The number of ether oxygens (including phenoxy) is 1. The molecule has 1 unspecified atom stereocenters. The second-order valence-electron chi connectivity index (χ2n) is 2.93. The van der Waals surface area contributed by atoms with Crippen molar-refractivity contribution in [1.82, 2.24) is 0 Å². The Bertz CT molecular complexity index is 241. The van der Waals surface area contributed by atoms with Gasteiger partial charge in [0.25, 0.3) is 0 Å². The van der Waals surface area contributed by atoms with E-state index in [1.807, 2.05) is 38.1 Å². The second kappa shape index (κ2) is 4.87. The maximum atomic E-state index is 9.51. The number of rotatable bonds is 4. The smallest absolute Gasteiger partial charge is 0.119 e. The molecule has 72 valence electrons. The minimum Gasteiger partial charge on any atom is -0.494 e. The number of hydrogen-bond acceptors (Lipinski definition) is 2. The fourth-order valence-electron chi connectivity index (χ4n) is 1.19. The summed E-state index contributed by atoms with van der Waals surface area (Å²) in [4.78, 5) is 0. The molecule has 2 heteroatoms. The van der Waals surface area contributed by atoms with Crippen molar-refractivity contribution in [2.45, 2.75) is 26.4 Å². The van der Waals surface area contributed by atoms with Crippen molar-refractivity contribution in [2.24, 2.45) is 0 Å². The van der Waals surface area contributed by atoms with E-state index in [0.29, 0.717) is 6.61 Å². The lowest BCUT2D eigenvalue weighted by Gasteiger charge is -2.08. The summed E-state index contributed by atoms with van der Waals surface area (Å²) in [7, 11) is 0. The molecule has 0 heterocycles. The van der Waals surface area contributed by atoms with Gasteiger partial charge >= 0.3 is 0 Å². The van der Waals surface area contributed by atoms with E-state index in [1.165, 1.54) is 0 Å². The Kier molecular flexibility index (Phi) is 3.77. The first-order valence-corrected chi connectivity index (χ1v) is 4.68. The van der Waals surface area contributed by atoms with E-state index < -0.39 is 0 Å². The van der Waals surface area contributed by atoms with Gasteiger partial charge in [-0.15, -0.1) is 0 Å². The average molecular weight is 180 g/mol. The summed E-state index contributed by atoms with van der Waals surface area (Å²) in [5, 5.41) is 9.51. The van der Waals surface area contributed by atoms with Crippen LogP contribution in [0.1, 0.15) is 31.9 Å². The molecule has 1 atom stereocenters. The lowest BCUT2D eigenvalue weighted by molar-refractivity contribution is 0.173. The van der Waals surface area contributed by atoms with Crippen molar-refractivity contribution in [3.63, 3.8) is 0 Å². The van der Waals surface area contributed by atoms with Crippen molar-refractivity contribution >= 4 is 0 Å². The topological polar surface area (TPSA) is 29.5 Å². The SMILES string of the molecule is CCOc1ccc(C(O)CC)cc1. The van der Waals surface area contributed by atoms with E-state index in [9.17, 15) is 5.11 Å². The lowest BCUT2D eigenvalue weighted by atomic mass is 10.1. The molecule has 0 fully saturated rings. The maximum absolute atomic E-state index is 9.51. The Morgan fingerprint density at radius 3 is 2.31 bits per heavy atom. The minimum atomic E-state index is -0.351. The third-order valence-corrected chi connectivity index (χ3v) is 1.96. The van der Waals surface area contributed by atoms with Gasteiger partial charge in [0.05, 0.1) is 12.7 Å². The predicted octanol–water partition coefficient (Wildman–Crippen LogP) is 2.53. The van der Waals surface area contributed by atoms with E-state index in [1.54, 1.807) is 0 Å². The van der Waals surface area contributed by atoms with Crippen LogP contribution in [-0.4, -0.2) is 11.7 Å². The molecule has 0 saturated carbocycles. The van der Waals surface area contributed by atoms with Crippen molar-refractivity contribution in [3.8, 4) is 5.75 Å². The first-order valence-electron chi connectivity index (χ1n) is 4.68. The van der Waals surface area contributed by atoms with Crippen LogP contribution in [0, 0.1) is 0 Å². The molecule has 0 aliphatic heterocycles. The molecule has 1 aromatic rings. The third kappa shape index (κ3) is 2.74. The minimum absolute atomic E-state index is 0.351. The normalized spacial score (nSPS) is 12.5. The van der Waals surface area contributed by atoms with Crippen LogP contribution < -0.4 is 4.74 Å². The van der Waals surface area contributed by atoms with Gasteiger partial charge in [-0.3, -0.25) is 0 Å². The van der Waals surface area contributed by atoms with Gasteiger partial charge in [0.2, 0.25) is 0 Å². The zero-order valence-electron chi connectivity index (χ0n) is 8.16. The van der Waals surface area contributed by atoms with Gasteiger partial charge in [0.1, 0.15) is 5.75 Å². The molecule has 0 aliphatic carbocycles. The standard InChI is InChI=1S/C11H16O2/c1-3-11(12)9-5-7-10(8-6-9)13-4-2/h5-8,11-12H,3-4H2,1-2H3. The summed E-state index contributed by atoms with van der Waals surface area (Å²) in [6.07, 6.45) is 0.393. The van der Waals surface area contributed by atoms with E-state index in [4.69, 9.17) is 4.74 Å². The highest BCUT2D eigenvalue weighted by Crippen LogP contribution is 2.19. The second-order valence-corrected chi connectivity index (χ2v) is 2.93. The molecule has 1 N–H and O–H groups in total. The highest BCUT2D eigenvalue weighted by Gasteiger charge is 2.03. The maximum Gasteiger partial charge on any atom is 0.119 e. The molecule has 13 heavy (non-hydrogen) atoms. The Balaban J connectivity index is 2.69. The zero-order valence-corrected chi connectivity index (χ0v) is 8.16. The van der Waals surface area contributed by atoms with Crippen LogP contribution in [0.3, 0.4) is 0 Å². The van der Waals surface area contributed by atoms with Crippen molar-refractivity contribution in [3.05, 3.63) is 29.8 Å². The van der Waals surface area contributed by atoms with Gasteiger partial charge in [0.15, 0.2) is 0 Å². The molecule has 0 amide bonds. The first kappa shape index (κ1) is 10.1. The lowest BCUT2D eigenvalue weighted by Crippen LogP contribution is -1.96. The Labute approximate surface area is 79.2 Å². The highest BCUT2D eigenvalue weighted by molar-refractivity contribution is 5.28. The summed E-state index contributed by atoms with van der Waals surface area (Å²) in [5.41, 5.74) is 0.950. The fourth-order valence-corrected chi connectivity index (χ4v) is 1.19. The van der Waals surface area contributed by atoms with Gasteiger partial charge in [0, 0.05) is 0 Å². The van der Waals surface area contributed by atoms with Crippen molar-refractivity contribution < 1.29 is 9.84 Å². The van der Waals surface area contributed by atoms with Crippen LogP contribution in [-0.2, 0) is 0 Å². The number of aliphatic hydroxyl groups is 1. The molecule has 1 rings (SSSR count). The number of hydrogen-bond donors (Lipinski definition) is 1. The van der Waals surface area contributed by atoms with Crippen molar-refractivity contribution in [1.29, 1.82) is 0 Å². The molecule has 0 radical (unpaired) electrons. The molecule has 2 nitrogen and oxygen atoms in total. The quantitative estimate of drug-likeness (QED) is 0.771. The van der Waals surface area contributed by atoms with E-state index in [0.717, 1.165) is 17.7 Å². The van der Waals surface area contributed by atoms with Crippen LogP contribution in [0.4, 0.5) is 0 Å². The van der Waals surface area contributed by atoms with Gasteiger partial charge in [-0.2, -0.15) is 0 Å². The summed E-state index contributed by atoms with van der Waals surface area (Å²) < 4.78 is 5.29. The molecule has 0 bridgehead atoms. The van der Waals surface area contributed by atoms with Gasteiger partial charge in [-0.1, -0.05) is 19.1 Å². The Hall–Kier alpha value is -1.02. The van der Waals surface area contributed by atoms with E-state index in [2.05, 4.69) is 0 Å². The number of aliphatic hydroxyl groups excluding tert-OH is 1. The fraction of sp³-hybridized carbons (Fsp3) is 0.455. The van der Waals surface area contributed by atoms with Crippen LogP contribution >= 0.6 is 0 Å². The molecular weight excluding hydrogens is 164 g/mol. The largest absolute Gasteiger partial charge is 0.494 e. The first-order chi connectivity index (χ1) is 6.27. The monoisotopic (exact) mass is 180 g/mol. The Morgan fingerprint density at radius 2 is 1.85 bits per heavy atom. The molecule has 1 aromatic carbocycles. The van der Waals surface area contributed by atoms with Crippen LogP contribution in [0.5, 0.6) is 5.75 Å². The summed E-state index contributed by atoms with van der Waals surface area (Å²) in [6.45, 7) is 4.59. The molecule has 0 saturated heterocycles. The van der Waals surface area contributed by atoms with E-state index in [-0.39, 0.29) is 6.10 Å². The zero-order chi connectivity index (χ0) is 9.68. The van der Waals surface area contributed by atoms with Crippen LogP contribution in [0.25, 0.3) is 0 Å². The summed E-state index contributed by atoms with van der Waals surface area (Å²) in [6, 6.07) is 7.58. The summed E-state index contributed by atoms with van der Waals surface area (Å²) >= 11 is 0. The molecule has 0 spiro atoms. The Morgan fingerprint density at radius 1 is 1.23 bits per heavy atom. The summed E-state index contributed by atoms with van der Waals surface area (Å²) in [5.74, 6) is 0.856. The van der Waals surface area contributed by atoms with Gasteiger partial charge < -0.3 is 9.84 Å². The van der Waals surface area contributed by atoms with Crippen molar-refractivity contribution in [2.75, 3.05) is 6.61 Å². The van der Waals surface area contributed by atoms with E-state index >= 15 is 0 Å². The van der Waals surface area contributed by atoms with Crippen LogP contribution in [0.2, 0.25) is 0 Å². The average Bonchev–Trinajstić information content (AvgIpc) is 2.18. The number of benzene rings is 1. The third-order valence-electron chi connectivity index (χ3n) is 1.96. The highest BCUT2D eigenvalue weighted by atomic mass is 16.5. The van der Waals surface area contributed by atoms with Gasteiger partial charge in [-0.25, -0.2) is 0 Å². The van der Waals surface area contributed by atoms with Crippen LogP contribution in [0.15, 0.2) is 24.3 Å².